The molecule has 0 atom stereocenters. The number of sulfonamides is 1. The van der Waals surface area contributed by atoms with E-state index in [-0.39, 0.29) is 27.0 Å². The second kappa shape index (κ2) is 9.83. The second-order valence-electron chi connectivity index (χ2n) is 6.87. The van der Waals surface area contributed by atoms with Crippen LogP contribution in [0.5, 0.6) is 0 Å². The summed E-state index contributed by atoms with van der Waals surface area (Å²) in [7, 11) is -4.05. The Morgan fingerprint density at radius 3 is 2.59 bits per heavy atom. The van der Waals surface area contributed by atoms with Gasteiger partial charge in [0.25, 0.3) is 5.56 Å². The van der Waals surface area contributed by atoms with E-state index in [0.29, 0.717) is 22.8 Å². The molecule has 0 saturated heterocycles. The monoisotopic (exact) mass is 494 g/mol. The van der Waals surface area contributed by atoms with Crippen LogP contribution in [0.2, 0.25) is 10.0 Å². The second-order valence-corrected chi connectivity index (χ2v) is 9.62. The molecule has 8 nitrogen and oxygen atoms in total. The van der Waals surface area contributed by atoms with Crippen molar-refractivity contribution in [2.75, 3.05) is 18.4 Å². The molecular formula is C21H20Cl2N4O4S. The van der Waals surface area contributed by atoms with E-state index < -0.39 is 22.5 Å². The maximum Gasteiger partial charge on any atom is 0.251 e. The van der Waals surface area contributed by atoms with Crippen LogP contribution < -0.4 is 10.9 Å². The third kappa shape index (κ3) is 5.55. The van der Waals surface area contributed by atoms with Gasteiger partial charge < -0.3 is 10.3 Å². The molecule has 0 aliphatic heterocycles. The van der Waals surface area contributed by atoms with Crippen LogP contribution in [0, 0.1) is 6.92 Å². The summed E-state index contributed by atoms with van der Waals surface area (Å²) >= 11 is 12.0. The van der Waals surface area contributed by atoms with E-state index in [1.807, 2.05) is 0 Å². The smallest absolute Gasteiger partial charge is 0.251 e. The number of aryl methyl sites for hydroxylation is 1. The van der Waals surface area contributed by atoms with Crippen molar-refractivity contribution in [3.8, 4) is 11.4 Å². The molecule has 1 heterocycles. The fourth-order valence-electron chi connectivity index (χ4n) is 3.00. The lowest BCUT2D eigenvalue weighted by molar-refractivity contribution is -0.116. The van der Waals surface area contributed by atoms with E-state index in [9.17, 15) is 18.0 Å². The van der Waals surface area contributed by atoms with Gasteiger partial charge in [0.1, 0.15) is 10.7 Å². The first-order chi connectivity index (χ1) is 15.1. The number of hydrogen-bond donors (Lipinski definition) is 2. The van der Waals surface area contributed by atoms with Gasteiger partial charge in [-0.15, -0.1) is 0 Å². The number of nitrogens with zero attached hydrogens (tertiary/aromatic N) is 2. The summed E-state index contributed by atoms with van der Waals surface area (Å²) in [5.41, 5.74) is 1.28. The minimum absolute atomic E-state index is 0.0145. The van der Waals surface area contributed by atoms with Gasteiger partial charge in [0.2, 0.25) is 15.9 Å². The number of aromatic amines is 1. The van der Waals surface area contributed by atoms with Crippen molar-refractivity contribution in [3.63, 3.8) is 0 Å². The summed E-state index contributed by atoms with van der Waals surface area (Å²) in [5.74, 6) is -0.184. The number of anilines is 1. The highest BCUT2D eigenvalue weighted by Gasteiger charge is 2.27. The normalized spacial score (nSPS) is 11.5. The van der Waals surface area contributed by atoms with Crippen molar-refractivity contribution in [2.45, 2.75) is 18.7 Å². The molecule has 2 aromatic carbocycles. The molecule has 0 fully saturated rings. The lowest BCUT2D eigenvalue weighted by Gasteiger charge is -2.21. The summed E-state index contributed by atoms with van der Waals surface area (Å²) in [4.78, 5) is 31.1. The maximum absolute atomic E-state index is 13.0. The maximum atomic E-state index is 13.0. The average molecular weight is 495 g/mol. The Bertz CT molecular complexity index is 1330. The Morgan fingerprint density at radius 2 is 1.91 bits per heavy atom. The molecule has 0 saturated carbocycles. The lowest BCUT2D eigenvalue weighted by atomic mass is 10.2. The van der Waals surface area contributed by atoms with Crippen molar-refractivity contribution in [1.82, 2.24) is 14.3 Å². The van der Waals surface area contributed by atoms with E-state index in [1.54, 1.807) is 38.1 Å². The standard InChI is InChI=1S/C21H20Cl2N4O4S/c1-3-27(32(30,31)18-11-15(22)7-8-17(18)23)12-20(29)25-16-6-4-5-14(10-16)21-24-13(2)9-19(28)26-21/h4-11H,3,12H2,1-2H3,(H,25,29)(H,24,26,28). The molecule has 3 aromatic rings. The molecule has 168 valence electrons. The van der Waals surface area contributed by atoms with Crippen LogP contribution >= 0.6 is 23.2 Å². The summed E-state index contributed by atoms with van der Waals surface area (Å²) in [6.07, 6.45) is 0. The first kappa shape index (κ1) is 23.9. The molecule has 2 N–H and O–H groups in total. The first-order valence-corrected chi connectivity index (χ1v) is 11.7. The fourth-order valence-corrected chi connectivity index (χ4v) is 5.14. The third-order valence-corrected chi connectivity index (χ3v) is 7.11. The van der Waals surface area contributed by atoms with Gasteiger partial charge in [0.05, 0.1) is 11.6 Å². The number of halogens is 2. The Morgan fingerprint density at radius 1 is 1.16 bits per heavy atom. The number of carbonyl (C=O) groups is 1. The zero-order valence-electron chi connectivity index (χ0n) is 17.2. The summed E-state index contributed by atoms with van der Waals surface area (Å²) < 4.78 is 27.0. The number of H-pyrrole nitrogens is 1. The molecular weight excluding hydrogens is 475 g/mol. The number of rotatable bonds is 7. The van der Waals surface area contributed by atoms with E-state index >= 15 is 0 Å². The molecule has 0 unspecified atom stereocenters. The van der Waals surface area contributed by atoms with Crippen molar-refractivity contribution >= 4 is 44.8 Å². The quantitative estimate of drug-likeness (QED) is 0.519. The number of carbonyl (C=O) groups excluding carboxylic acids is 1. The van der Waals surface area contributed by atoms with Gasteiger partial charge >= 0.3 is 0 Å². The Kier molecular flexibility index (Phi) is 7.35. The van der Waals surface area contributed by atoms with Crippen LogP contribution in [0.3, 0.4) is 0 Å². The van der Waals surface area contributed by atoms with Gasteiger partial charge in [-0.3, -0.25) is 9.59 Å². The van der Waals surface area contributed by atoms with Gasteiger partial charge in [-0.25, -0.2) is 13.4 Å². The Labute approximate surface area is 195 Å². The lowest BCUT2D eigenvalue weighted by Crippen LogP contribution is -2.38. The SMILES string of the molecule is CCN(CC(=O)Nc1cccc(-c2nc(C)cc(=O)[nH]2)c1)S(=O)(=O)c1cc(Cl)ccc1Cl. The molecule has 0 aliphatic carbocycles. The van der Waals surface area contributed by atoms with Crippen molar-refractivity contribution < 1.29 is 13.2 Å². The van der Waals surface area contributed by atoms with Gasteiger partial charge in [0, 0.05) is 34.6 Å². The number of amides is 1. The van der Waals surface area contributed by atoms with Crippen LogP contribution in [0.1, 0.15) is 12.6 Å². The minimum Gasteiger partial charge on any atom is -0.325 e. The number of nitrogens with one attached hydrogen (secondary N) is 2. The van der Waals surface area contributed by atoms with Crippen LogP contribution in [-0.2, 0) is 14.8 Å². The highest BCUT2D eigenvalue weighted by molar-refractivity contribution is 7.89. The zero-order chi connectivity index (χ0) is 23.5. The van der Waals surface area contributed by atoms with Crippen LogP contribution in [-0.4, -0.2) is 41.7 Å². The van der Waals surface area contributed by atoms with Crippen LogP contribution in [0.15, 0.2) is 58.2 Å². The van der Waals surface area contributed by atoms with Gasteiger partial charge in [0.15, 0.2) is 0 Å². The van der Waals surface area contributed by atoms with Crippen molar-refractivity contribution in [3.05, 3.63) is 74.6 Å². The van der Waals surface area contributed by atoms with Crippen molar-refractivity contribution in [1.29, 1.82) is 0 Å². The Hall–Kier alpha value is -2.72. The molecule has 0 spiro atoms. The highest BCUT2D eigenvalue weighted by atomic mass is 35.5. The summed E-state index contributed by atoms with van der Waals surface area (Å²) in [6, 6.07) is 12.2. The number of likely N-dealkylation sites (N-methyl/N-ethyl adjacent to an activating group) is 1. The zero-order valence-corrected chi connectivity index (χ0v) is 19.6. The first-order valence-electron chi connectivity index (χ1n) is 9.53. The number of hydrogen-bond acceptors (Lipinski definition) is 5. The minimum atomic E-state index is -4.05. The van der Waals surface area contributed by atoms with E-state index in [1.165, 1.54) is 24.3 Å². The highest BCUT2D eigenvalue weighted by Crippen LogP contribution is 2.27. The average Bonchev–Trinajstić information content (AvgIpc) is 2.73. The predicted octanol–water partition coefficient (Wildman–Crippen LogP) is 3.70. The fraction of sp³-hybridized carbons (Fsp3) is 0.190. The topological polar surface area (TPSA) is 112 Å². The van der Waals surface area contributed by atoms with E-state index in [0.717, 1.165) is 4.31 Å². The van der Waals surface area contributed by atoms with Crippen LogP contribution in [0.4, 0.5) is 5.69 Å². The largest absolute Gasteiger partial charge is 0.325 e. The Balaban J connectivity index is 1.80. The van der Waals surface area contributed by atoms with Crippen molar-refractivity contribution in [2.24, 2.45) is 0 Å². The molecule has 1 amide bonds. The van der Waals surface area contributed by atoms with Gasteiger partial charge in [-0.2, -0.15) is 4.31 Å². The third-order valence-electron chi connectivity index (χ3n) is 4.47. The van der Waals surface area contributed by atoms with E-state index in [2.05, 4.69) is 15.3 Å². The number of aromatic nitrogens is 2. The molecule has 3 rings (SSSR count). The summed E-state index contributed by atoms with van der Waals surface area (Å²) in [5, 5.41) is 2.90. The summed E-state index contributed by atoms with van der Waals surface area (Å²) in [6.45, 7) is 2.94. The van der Waals surface area contributed by atoms with Crippen LogP contribution in [0.25, 0.3) is 11.4 Å². The van der Waals surface area contributed by atoms with E-state index in [4.69, 9.17) is 23.2 Å². The molecule has 0 bridgehead atoms. The molecule has 0 aliphatic rings. The van der Waals surface area contributed by atoms with Gasteiger partial charge in [-0.1, -0.05) is 42.3 Å². The molecule has 1 aromatic heterocycles. The molecule has 32 heavy (non-hydrogen) atoms. The predicted molar refractivity (Wildman–Crippen MR) is 125 cm³/mol. The van der Waals surface area contributed by atoms with Gasteiger partial charge in [-0.05, 0) is 37.3 Å². The molecule has 0 radical (unpaired) electrons. The molecule has 11 heteroatoms. The number of benzene rings is 2.